The second-order valence-electron chi connectivity index (χ2n) is 3.55. The monoisotopic (exact) mass is 262 g/mol. The zero-order chi connectivity index (χ0) is 12.2. The van der Waals surface area contributed by atoms with Gasteiger partial charge in [-0.1, -0.05) is 49.2 Å². The van der Waals surface area contributed by atoms with Crippen molar-refractivity contribution in [3.63, 3.8) is 0 Å². The van der Waals surface area contributed by atoms with Gasteiger partial charge in [0.15, 0.2) is 10.3 Å². The Kier molecular flexibility index (Phi) is 10.9. The molecule has 0 aliphatic carbocycles. The molecule has 94 valence electrons. The minimum absolute atomic E-state index is 0.223. The molecule has 0 aromatic heterocycles. The van der Waals surface area contributed by atoms with Gasteiger partial charge in [0.1, 0.15) is 0 Å². The summed E-state index contributed by atoms with van der Waals surface area (Å²) < 4.78 is 0. The highest BCUT2D eigenvalue weighted by atomic mass is 32.2. The van der Waals surface area contributed by atoms with Crippen molar-refractivity contribution >= 4 is 33.9 Å². The summed E-state index contributed by atoms with van der Waals surface area (Å²) in [4.78, 5) is 0. The second-order valence-corrected chi connectivity index (χ2v) is 5.82. The Bertz CT molecular complexity index is 187. The lowest BCUT2D eigenvalue weighted by Gasteiger charge is -2.01. The summed E-state index contributed by atoms with van der Waals surface area (Å²) in [6.07, 6.45) is 7.24. The van der Waals surface area contributed by atoms with E-state index in [9.17, 15) is 0 Å². The third-order valence-corrected chi connectivity index (χ3v) is 3.66. The van der Waals surface area contributed by atoms with Crippen LogP contribution in [0.5, 0.6) is 0 Å². The molecule has 6 N–H and O–H groups in total. The fourth-order valence-corrected chi connectivity index (χ4v) is 2.41. The van der Waals surface area contributed by atoms with Crippen LogP contribution in [0.1, 0.15) is 38.5 Å². The third kappa shape index (κ3) is 13.6. The number of nitrogens with one attached hydrogen (secondary N) is 2. The van der Waals surface area contributed by atoms with Crippen LogP contribution in [-0.4, -0.2) is 21.8 Å². The van der Waals surface area contributed by atoms with E-state index in [0.29, 0.717) is 0 Å². The van der Waals surface area contributed by atoms with Gasteiger partial charge in [0.05, 0.1) is 0 Å². The molecule has 6 heteroatoms. The zero-order valence-corrected chi connectivity index (χ0v) is 11.3. The molecule has 0 heterocycles. The molecule has 0 unspecified atom stereocenters. The van der Waals surface area contributed by atoms with E-state index in [1.54, 1.807) is 0 Å². The van der Waals surface area contributed by atoms with Crippen LogP contribution in [0.4, 0.5) is 0 Å². The van der Waals surface area contributed by atoms with Gasteiger partial charge < -0.3 is 11.5 Å². The number of thioether (sulfide) groups is 2. The number of hydrogen-bond donors (Lipinski definition) is 4. The molecule has 0 amide bonds. The molecule has 0 bridgehead atoms. The number of rotatable bonds is 9. The maximum Gasteiger partial charge on any atom is 0.151 e. The van der Waals surface area contributed by atoms with Gasteiger partial charge in [-0.15, -0.1) is 0 Å². The molecule has 0 aromatic rings. The maximum atomic E-state index is 7.03. The summed E-state index contributed by atoms with van der Waals surface area (Å²) in [6, 6.07) is 0. The van der Waals surface area contributed by atoms with Crippen molar-refractivity contribution in [2.45, 2.75) is 38.5 Å². The number of unbranched alkanes of at least 4 members (excludes halogenated alkanes) is 5. The highest BCUT2D eigenvalue weighted by Gasteiger charge is 1.95. The highest BCUT2D eigenvalue weighted by molar-refractivity contribution is 8.13. The molecule has 0 aliphatic heterocycles. The third-order valence-electron chi connectivity index (χ3n) is 2.05. The predicted molar refractivity (Wildman–Crippen MR) is 76.4 cm³/mol. The van der Waals surface area contributed by atoms with E-state index >= 15 is 0 Å². The van der Waals surface area contributed by atoms with Crippen molar-refractivity contribution in [1.82, 2.24) is 0 Å². The van der Waals surface area contributed by atoms with Gasteiger partial charge in [0.25, 0.3) is 0 Å². The van der Waals surface area contributed by atoms with Crippen LogP contribution in [0.2, 0.25) is 0 Å². The van der Waals surface area contributed by atoms with Gasteiger partial charge in [0, 0.05) is 11.5 Å². The first kappa shape index (κ1) is 15.6. The van der Waals surface area contributed by atoms with Gasteiger partial charge in [0.2, 0.25) is 0 Å². The van der Waals surface area contributed by atoms with E-state index in [0.717, 1.165) is 24.3 Å². The topological polar surface area (TPSA) is 99.7 Å². The van der Waals surface area contributed by atoms with Crippen LogP contribution in [0.25, 0.3) is 0 Å². The van der Waals surface area contributed by atoms with E-state index in [1.165, 1.54) is 49.2 Å². The summed E-state index contributed by atoms with van der Waals surface area (Å²) in [5, 5.41) is 14.5. The minimum atomic E-state index is 0.223. The normalized spacial score (nSPS) is 10.2. The first-order chi connectivity index (χ1) is 7.63. The van der Waals surface area contributed by atoms with Gasteiger partial charge in [-0.3, -0.25) is 10.8 Å². The van der Waals surface area contributed by atoms with Crippen molar-refractivity contribution < 1.29 is 0 Å². The standard InChI is InChI=1S/C10H22N4S2/c11-9(12)15-7-5-3-1-2-4-6-8-16-10(13)14/h1-8H2,(H3,11,12)(H3,13,14). The lowest BCUT2D eigenvalue weighted by Crippen LogP contribution is -2.04. The largest absolute Gasteiger partial charge is 0.379 e. The van der Waals surface area contributed by atoms with Gasteiger partial charge in [-0.05, 0) is 12.8 Å². The first-order valence-corrected chi connectivity index (χ1v) is 7.53. The lowest BCUT2D eigenvalue weighted by molar-refractivity contribution is 0.629. The lowest BCUT2D eigenvalue weighted by atomic mass is 10.1. The van der Waals surface area contributed by atoms with Crippen molar-refractivity contribution in [1.29, 1.82) is 10.8 Å². The highest BCUT2D eigenvalue weighted by Crippen LogP contribution is 2.11. The molecule has 0 rings (SSSR count). The molecule has 0 aliphatic rings. The van der Waals surface area contributed by atoms with Crippen molar-refractivity contribution in [2.24, 2.45) is 11.5 Å². The molecule has 16 heavy (non-hydrogen) atoms. The minimum Gasteiger partial charge on any atom is -0.379 e. The molecule has 0 fully saturated rings. The smallest absolute Gasteiger partial charge is 0.151 e. The van der Waals surface area contributed by atoms with Crippen molar-refractivity contribution in [2.75, 3.05) is 11.5 Å². The predicted octanol–water partition coefficient (Wildman–Crippen LogP) is 2.58. The van der Waals surface area contributed by atoms with Crippen molar-refractivity contribution in [3.8, 4) is 0 Å². The zero-order valence-electron chi connectivity index (χ0n) is 9.63. The summed E-state index contributed by atoms with van der Waals surface area (Å²) >= 11 is 2.85. The molecule has 0 spiro atoms. The number of nitrogens with two attached hydrogens (primary N) is 2. The summed E-state index contributed by atoms with van der Waals surface area (Å²) in [5.74, 6) is 1.94. The van der Waals surface area contributed by atoms with Crippen LogP contribution in [-0.2, 0) is 0 Å². The Balaban J connectivity index is 2.98. The second kappa shape index (κ2) is 11.1. The average molecular weight is 262 g/mol. The van der Waals surface area contributed by atoms with Crippen LogP contribution in [0, 0.1) is 10.8 Å². The Labute approximate surface area is 106 Å². The molecular formula is C10H22N4S2. The number of amidine groups is 2. The van der Waals surface area contributed by atoms with E-state index in [-0.39, 0.29) is 10.3 Å². The van der Waals surface area contributed by atoms with E-state index in [1.807, 2.05) is 0 Å². The van der Waals surface area contributed by atoms with Crippen molar-refractivity contribution in [3.05, 3.63) is 0 Å². The molecule has 4 nitrogen and oxygen atoms in total. The molecular weight excluding hydrogens is 240 g/mol. The summed E-state index contributed by atoms with van der Waals surface area (Å²) in [5.41, 5.74) is 10.5. The summed E-state index contributed by atoms with van der Waals surface area (Å²) in [7, 11) is 0. The van der Waals surface area contributed by atoms with Gasteiger partial charge in [-0.2, -0.15) is 0 Å². The molecule has 0 saturated carbocycles. The summed E-state index contributed by atoms with van der Waals surface area (Å²) in [6.45, 7) is 0. The fraction of sp³-hybridized carbons (Fsp3) is 0.800. The Morgan fingerprint density at radius 2 is 1.00 bits per heavy atom. The molecule has 0 saturated heterocycles. The molecule has 0 atom stereocenters. The van der Waals surface area contributed by atoms with E-state index in [2.05, 4.69) is 0 Å². The average Bonchev–Trinajstić information content (AvgIpc) is 2.20. The Morgan fingerprint density at radius 3 is 1.31 bits per heavy atom. The van der Waals surface area contributed by atoms with Gasteiger partial charge in [-0.25, -0.2) is 0 Å². The van der Waals surface area contributed by atoms with E-state index in [4.69, 9.17) is 22.3 Å². The van der Waals surface area contributed by atoms with E-state index < -0.39 is 0 Å². The maximum absolute atomic E-state index is 7.03. The first-order valence-electron chi connectivity index (χ1n) is 5.56. The molecule has 0 radical (unpaired) electrons. The van der Waals surface area contributed by atoms with Crippen LogP contribution in [0.15, 0.2) is 0 Å². The number of hydrogen-bond acceptors (Lipinski definition) is 4. The molecule has 0 aromatic carbocycles. The van der Waals surface area contributed by atoms with Crippen LogP contribution in [0.3, 0.4) is 0 Å². The fourth-order valence-electron chi connectivity index (χ4n) is 1.28. The quantitative estimate of drug-likeness (QED) is 0.291. The Hall–Kier alpha value is -0.360. The van der Waals surface area contributed by atoms with Gasteiger partial charge >= 0.3 is 0 Å². The SMILES string of the molecule is N=C(N)SCCCCCCCCSC(=N)N. The van der Waals surface area contributed by atoms with Crippen LogP contribution < -0.4 is 11.5 Å². The van der Waals surface area contributed by atoms with Crippen LogP contribution >= 0.6 is 23.5 Å². The Morgan fingerprint density at radius 1 is 0.688 bits per heavy atom.